The van der Waals surface area contributed by atoms with Crippen LogP contribution in [-0.4, -0.2) is 61.7 Å². The molecule has 0 bridgehead atoms. The van der Waals surface area contributed by atoms with Gasteiger partial charge in [0, 0.05) is 28.5 Å². The molecule has 1 aliphatic carbocycles. The Morgan fingerprint density at radius 3 is 2.75 bits per heavy atom. The van der Waals surface area contributed by atoms with Crippen molar-refractivity contribution < 1.29 is 15.3 Å². The number of allylic oxidation sites excluding steroid dienone is 2. The molecule has 0 spiro atoms. The minimum absolute atomic E-state index is 0.183. The van der Waals surface area contributed by atoms with Crippen LogP contribution in [0.1, 0.15) is 6.42 Å². The molecule has 0 saturated carbocycles. The van der Waals surface area contributed by atoms with Gasteiger partial charge in [-0.05, 0) is 24.0 Å². The number of rotatable bonds is 4. The lowest BCUT2D eigenvalue weighted by atomic mass is 10.1. The molecule has 0 amide bonds. The van der Waals surface area contributed by atoms with E-state index in [1.807, 2.05) is 12.3 Å². The summed E-state index contributed by atoms with van der Waals surface area (Å²) in [5.74, 6) is 1.30. The van der Waals surface area contributed by atoms with E-state index in [0.29, 0.717) is 17.9 Å². The normalized spacial score (nSPS) is 34.7. The molecule has 20 heavy (non-hydrogen) atoms. The van der Waals surface area contributed by atoms with Gasteiger partial charge in [-0.3, -0.25) is 0 Å². The maximum absolute atomic E-state index is 10.1. The summed E-state index contributed by atoms with van der Waals surface area (Å²) in [6.45, 7) is 0. The van der Waals surface area contributed by atoms with Gasteiger partial charge in [-0.25, -0.2) is 0 Å². The molecule has 7 heteroatoms. The summed E-state index contributed by atoms with van der Waals surface area (Å²) in [4.78, 5) is 1.08. The van der Waals surface area contributed by atoms with E-state index in [2.05, 4.69) is 0 Å². The van der Waals surface area contributed by atoms with Crippen LogP contribution in [-0.2, 0) is 0 Å². The zero-order valence-corrected chi connectivity index (χ0v) is 13.6. The summed E-state index contributed by atoms with van der Waals surface area (Å²) in [6.07, 6.45) is 3.52. The Bertz CT molecular complexity index is 439. The highest BCUT2D eigenvalue weighted by molar-refractivity contribution is 8.19. The van der Waals surface area contributed by atoms with Crippen molar-refractivity contribution in [2.45, 2.75) is 29.3 Å². The summed E-state index contributed by atoms with van der Waals surface area (Å²) in [7, 11) is 0. The van der Waals surface area contributed by atoms with Crippen molar-refractivity contribution in [2.75, 3.05) is 17.8 Å². The zero-order chi connectivity index (χ0) is 14.7. The Hall–Kier alpha value is 0.0800. The first-order valence-corrected chi connectivity index (χ1v) is 9.64. The zero-order valence-electron chi connectivity index (χ0n) is 11.2. The third-order valence-corrected chi connectivity index (χ3v) is 6.87. The van der Waals surface area contributed by atoms with Crippen LogP contribution in [0.25, 0.3) is 0 Å². The standard InChI is InChI=1S/C13H19NO3S3/c1-18-5-7-4-8(14)2-3-10(7)20-13-12(17)11(16)9(15)6-19-13/h2-3,9,11-17H,4-6H2,1H3/t9-,11-,12+,13+/m0/s1. The quantitative estimate of drug-likeness (QED) is 0.623. The van der Waals surface area contributed by atoms with E-state index in [9.17, 15) is 15.3 Å². The number of aliphatic hydroxyl groups is 3. The lowest BCUT2D eigenvalue weighted by molar-refractivity contribution is -0.0473. The molecule has 1 heterocycles. The molecule has 0 aromatic heterocycles. The molecule has 0 unspecified atom stereocenters. The summed E-state index contributed by atoms with van der Waals surface area (Å²) in [6, 6.07) is 0. The van der Waals surface area contributed by atoms with Crippen molar-refractivity contribution >= 4 is 41.0 Å². The van der Waals surface area contributed by atoms with E-state index in [1.54, 1.807) is 17.8 Å². The van der Waals surface area contributed by atoms with Gasteiger partial charge in [-0.1, -0.05) is 0 Å². The van der Waals surface area contributed by atoms with E-state index < -0.39 is 18.3 Å². The largest absolute Gasteiger partial charge is 0.389 e. The summed E-state index contributed by atoms with van der Waals surface area (Å²) in [5.41, 5.74) is 1.80. The van der Waals surface area contributed by atoms with E-state index >= 15 is 0 Å². The van der Waals surface area contributed by atoms with Gasteiger partial charge >= 0.3 is 0 Å². The Morgan fingerprint density at radius 1 is 1.30 bits per heavy atom. The Morgan fingerprint density at radius 2 is 2.05 bits per heavy atom. The van der Waals surface area contributed by atoms with E-state index in [0.717, 1.165) is 10.7 Å². The first-order valence-electron chi connectivity index (χ1n) is 6.32. The van der Waals surface area contributed by atoms with Gasteiger partial charge < -0.3 is 20.7 Å². The third kappa shape index (κ3) is 3.84. The number of hydrogen-bond donors (Lipinski definition) is 4. The highest BCUT2D eigenvalue weighted by Crippen LogP contribution is 2.41. The van der Waals surface area contributed by atoms with Crippen LogP contribution in [0.2, 0.25) is 0 Å². The SMILES string of the molecule is CSCC1=C(S[C@H]2SC[C@H](O)[C@H](O)[C@H]2O)C=CC(=N)C1. The second kappa shape index (κ2) is 7.38. The molecule has 0 aromatic rings. The fraction of sp³-hybridized carbons (Fsp3) is 0.615. The van der Waals surface area contributed by atoms with Crippen molar-refractivity contribution in [1.82, 2.24) is 0 Å². The van der Waals surface area contributed by atoms with Crippen LogP contribution in [0.5, 0.6) is 0 Å². The molecule has 2 rings (SSSR count). The highest BCUT2D eigenvalue weighted by atomic mass is 32.2. The maximum Gasteiger partial charge on any atom is 0.108 e. The van der Waals surface area contributed by atoms with Crippen molar-refractivity contribution in [3.8, 4) is 0 Å². The van der Waals surface area contributed by atoms with Gasteiger partial charge in [0.25, 0.3) is 0 Å². The second-order valence-corrected chi connectivity index (χ2v) is 8.33. The maximum atomic E-state index is 10.1. The average Bonchev–Trinajstić information content (AvgIpc) is 2.42. The molecular weight excluding hydrogens is 314 g/mol. The monoisotopic (exact) mass is 333 g/mol. The summed E-state index contributed by atoms with van der Waals surface area (Å²) < 4.78 is -0.183. The number of nitrogens with one attached hydrogen (secondary N) is 1. The fourth-order valence-electron chi connectivity index (χ4n) is 2.10. The van der Waals surface area contributed by atoms with Gasteiger partial charge in [-0.15, -0.1) is 23.5 Å². The molecule has 1 fully saturated rings. The van der Waals surface area contributed by atoms with Gasteiger partial charge in [0.2, 0.25) is 0 Å². The van der Waals surface area contributed by atoms with Crippen molar-refractivity contribution in [3.63, 3.8) is 0 Å². The van der Waals surface area contributed by atoms with Crippen LogP contribution in [0.15, 0.2) is 22.6 Å². The average molecular weight is 334 g/mol. The fourth-order valence-corrected chi connectivity index (χ4v) is 5.56. The third-order valence-electron chi connectivity index (χ3n) is 3.20. The second-order valence-electron chi connectivity index (χ2n) is 4.80. The lowest BCUT2D eigenvalue weighted by Crippen LogP contribution is -2.47. The minimum atomic E-state index is -1.08. The Kier molecular flexibility index (Phi) is 6.07. The topological polar surface area (TPSA) is 84.5 Å². The molecule has 112 valence electrons. The van der Waals surface area contributed by atoms with Gasteiger partial charge in [0.1, 0.15) is 12.2 Å². The first-order chi connectivity index (χ1) is 9.52. The van der Waals surface area contributed by atoms with Crippen LogP contribution >= 0.6 is 35.3 Å². The number of aliphatic hydroxyl groups excluding tert-OH is 3. The molecule has 4 N–H and O–H groups in total. The van der Waals surface area contributed by atoms with Gasteiger partial charge in [-0.2, -0.15) is 11.8 Å². The summed E-state index contributed by atoms with van der Waals surface area (Å²) >= 11 is 4.72. The molecule has 0 aromatic carbocycles. The van der Waals surface area contributed by atoms with Crippen molar-refractivity contribution in [2.24, 2.45) is 0 Å². The predicted octanol–water partition coefficient (Wildman–Crippen LogP) is 1.47. The lowest BCUT2D eigenvalue weighted by Gasteiger charge is -2.35. The molecule has 4 atom stereocenters. The van der Waals surface area contributed by atoms with Crippen LogP contribution in [0.4, 0.5) is 0 Å². The first kappa shape index (κ1) is 16.5. The van der Waals surface area contributed by atoms with Gasteiger partial charge in [0.05, 0.1) is 10.7 Å². The molecule has 0 radical (unpaired) electrons. The van der Waals surface area contributed by atoms with E-state index in [-0.39, 0.29) is 4.58 Å². The van der Waals surface area contributed by atoms with Gasteiger partial charge in [0.15, 0.2) is 0 Å². The van der Waals surface area contributed by atoms with Crippen LogP contribution < -0.4 is 0 Å². The summed E-state index contributed by atoms with van der Waals surface area (Å²) in [5, 5.41) is 37.1. The highest BCUT2D eigenvalue weighted by Gasteiger charge is 2.38. The minimum Gasteiger partial charge on any atom is -0.389 e. The molecule has 1 aliphatic heterocycles. The molecule has 1 saturated heterocycles. The van der Waals surface area contributed by atoms with Crippen LogP contribution in [0.3, 0.4) is 0 Å². The molecule has 4 nitrogen and oxygen atoms in total. The van der Waals surface area contributed by atoms with E-state index in [4.69, 9.17) is 5.41 Å². The van der Waals surface area contributed by atoms with E-state index in [1.165, 1.54) is 29.1 Å². The van der Waals surface area contributed by atoms with Crippen LogP contribution in [0, 0.1) is 5.41 Å². The Balaban J connectivity index is 2.09. The van der Waals surface area contributed by atoms with Crippen molar-refractivity contribution in [3.05, 3.63) is 22.6 Å². The molecule has 2 aliphatic rings. The number of hydrogen-bond acceptors (Lipinski definition) is 7. The predicted molar refractivity (Wildman–Crippen MR) is 88.7 cm³/mol. The molecular formula is C13H19NO3S3. The smallest absolute Gasteiger partial charge is 0.108 e. The van der Waals surface area contributed by atoms with Crippen molar-refractivity contribution in [1.29, 1.82) is 5.41 Å². The Labute approximate surface area is 131 Å². The number of thioether (sulfide) groups is 3.